The molecule has 3 nitrogen and oxygen atoms in total. The highest BCUT2D eigenvalue weighted by atomic mass is 16.7. The van der Waals surface area contributed by atoms with Crippen LogP contribution in [-0.4, -0.2) is 26.6 Å². The van der Waals surface area contributed by atoms with Gasteiger partial charge in [0.25, 0.3) is 0 Å². The highest BCUT2D eigenvalue weighted by molar-refractivity contribution is 5.95. The zero-order valence-corrected chi connectivity index (χ0v) is 25.7. The first-order valence-corrected chi connectivity index (χ1v) is 14.5. The van der Waals surface area contributed by atoms with Crippen molar-refractivity contribution in [3.8, 4) is 16.9 Å². The molecule has 0 atom stereocenters. The fourth-order valence-corrected chi connectivity index (χ4v) is 4.55. The van der Waals surface area contributed by atoms with Crippen LogP contribution in [0.2, 0.25) is 0 Å². The Balaban J connectivity index is 0.000000378. The summed E-state index contributed by atoms with van der Waals surface area (Å²) < 4.78 is 17.4. The highest BCUT2D eigenvalue weighted by Crippen LogP contribution is 2.38. The largest absolute Gasteiger partial charge is 0.467 e. The average molecular weight is 541 g/mol. The van der Waals surface area contributed by atoms with E-state index >= 15 is 0 Å². The van der Waals surface area contributed by atoms with Gasteiger partial charge in [-0.05, 0) is 88.4 Å². The fraction of sp³-hybridized carbons (Fsp3) is 0.405. The van der Waals surface area contributed by atoms with E-state index in [0.29, 0.717) is 6.61 Å². The molecule has 40 heavy (non-hydrogen) atoms. The van der Waals surface area contributed by atoms with Crippen LogP contribution in [0.25, 0.3) is 32.7 Å². The van der Waals surface area contributed by atoms with Gasteiger partial charge in [0.05, 0.1) is 13.2 Å². The average Bonchev–Trinajstić information content (AvgIpc) is 2.94. The number of hydrogen-bond acceptors (Lipinski definition) is 3. The zero-order chi connectivity index (χ0) is 29.2. The van der Waals surface area contributed by atoms with Crippen molar-refractivity contribution in [2.75, 3.05) is 26.6 Å². The van der Waals surface area contributed by atoms with E-state index in [9.17, 15) is 0 Å². The van der Waals surface area contributed by atoms with Crippen LogP contribution in [0.1, 0.15) is 59.9 Å². The number of ether oxygens (including phenoxy) is 3. The molecule has 0 bridgehead atoms. The first kappa shape index (κ1) is 31.4. The first-order chi connectivity index (χ1) is 19.1. The topological polar surface area (TPSA) is 27.7 Å². The molecule has 0 amide bonds. The predicted octanol–water partition coefficient (Wildman–Crippen LogP) is 10.4. The molecule has 0 aliphatic heterocycles. The maximum Gasteiger partial charge on any atom is 0.189 e. The van der Waals surface area contributed by atoms with Crippen molar-refractivity contribution < 1.29 is 14.2 Å². The van der Waals surface area contributed by atoms with E-state index in [1.165, 1.54) is 32.7 Å². The molecule has 0 unspecified atom stereocenters. The minimum atomic E-state index is 0.157. The van der Waals surface area contributed by atoms with E-state index in [1.54, 1.807) is 0 Å². The van der Waals surface area contributed by atoms with Crippen LogP contribution in [0.3, 0.4) is 0 Å². The molecule has 0 fully saturated rings. The lowest BCUT2D eigenvalue weighted by Gasteiger charge is -2.22. The van der Waals surface area contributed by atoms with Crippen LogP contribution in [0.4, 0.5) is 0 Å². The van der Waals surface area contributed by atoms with Gasteiger partial charge in [-0.3, -0.25) is 0 Å². The Morgan fingerprint density at radius 1 is 0.700 bits per heavy atom. The molecular formula is C37H48O3. The van der Waals surface area contributed by atoms with E-state index in [-0.39, 0.29) is 17.6 Å². The molecule has 0 spiro atoms. The Hall–Kier alpha value is -3.14. The monoisotopic (exact) mass is 540 g/mol. The molecule has 214 valence electrons. The molecular weight excluding hydrogens is 492 g/mol. The molecule has 4 rings (SSSR count). The summed E-state index contributed by atoms with van der Waals surface area (Å²) in [6, 6.07) is 25.8. The molecule has 0 aliphatic rings. The van der Waals surface area contributed by atoms with Crippen molar-refractivity contribution in [2.24, 2.45) is 10.8 Å². The molecule has 0 heterocycles. The molecule has 0 aromatic heterocycles. The van der Waals surface area contributed by atoms with Gasteiger partial charge in [0.1, 0.15) is 5.75 Å². The van der Waals surface area contributed by atoms with E-state index in [4.69, 9.17) is 14.2 Å². The van der Waals surface area contributed by atoms with Crippen molar-refractivity contribution in [1.29, 1.82) is 0 Å². The van der Waals surface area contributed by atoms with Crippen molar-refractivity contribution in [2.45, 2.75) is 61.3 Å². The maximum absolute atomic E-state index is 6.18. The van der Waals surface area contributed by atoms with Crippen molar-refractivity contribution in [1.82, 2.24) is 0 Å². The third-order valence-electron chi connectivity index (χ3n) is 7.37. The Morgan fingerprint density at radius 2 is 1.23 bits per heavy atom. The minimum Gasteiger partial charge on any atom is -0.467 e. The lowest BCUT2D eigenvalue weighted by Crippen LogP contribution is -2.20. The third kappa shape index (κ3) is 8.94. The summed E-state index contributed by atoms with van der Waals surface area (Å²) >= 11 is 0. The summed E-state index contributed by atoms with van der Waals surface area (Å²) in [4.78, 5) is 0. The SMILES string of the molecule is C=CCC(C)(C)COCC.CCC(C)(C)COCOc1cc2ccccc2cc1-c1cc2ccccc2cc1C. The summed E-state index contributed by atoms with van der Waals surface area (Å²) in [7, 11) is 0. The smallest absolute Gasteiger partial charge is 0.189 e. The Labute approximate surface area is 242 Å². The Morgan fingerprint density at radius 3 is 1.77 bits per heavy atom. The Bertz CT molecular complexity index is 1380. The number of aryl methyl sites for hydroxylation is 1. The molecule has 0 saturated carbocycles. The van der Waals surface area contributed by atoms with E-state index in [0.717, 1.165) is 37.4 Å². The maximum atomic E-state index is 6.18. The summed E-state index contributed by atoms with van der Waals surface area (Å²) in [6.07, 6.45) is 4.04. The molecule has 0 radical (unpaired) electrons. The molecule has 4 aromatic rings. The summed E-state index contributed by atoms with van der Waals surface area (Å²) in [5.41, 5.74) is 3.96. The number of allylic oxidation sites excluding steroid dienone is 1. The van der Waals surface area contributed by atoms with Crippen LogP contribution in [-0.2, 0) is 9.47 Å². The zero-order valence-electron chi connectivity index (χ0n) is 25.7. The van der Waals surface area contributed by atoms with Crippen LogP contribution in [0.15, 0.2) is 85.5 Å². The second-order valence-electron chi connectivity index (χ2n) is 12.1. The van der Waals surface area contributed by atoms with E-state index in [1.807, 2.05) is 13.0 Å². The summed E-state index contributed by atoms with van der Waals surface area (Å²) in [6.45, 7) is 21.4. The number of fused-ring (bicyclic) bond motifs is 2. The van der Waals surface area contributed by atoms with Gasteiger partial charge in [0.15, 0.2) is 6.79 Å². The van der Waals surface area contributed by atoms with Crippen LogP contribution in [0, 0.1) is 17.8 Å². The predicted molar refractivity (Wildman–Crippen MR) is 172 cm³/mol. The van der Waals surface area contributed by atoms with E-state index in [2.05, 4.69) is 121 Å². The van der Waals surface area contributed by atoms with Gasteiger partial charge in [0, 0.05) is 12.2 Å². The van der Waals surface area contributed by atoms with E-state index < -0.39 is 0 Å². The van der Waals surface area contributed by atoms with Gasteiger partial charge in [0.2, 0.25) is 0 Å². The van der Waals surface area contributed by atoms with Gasteiger partial charge in [-0.15, -0.1) is 6.58 Å². The summed E-state index contributed by atoms with van der Waals surface area (Å²) in [5.74, 6) is 0.862. The van der Waals surface area contributed by atoms with Crippen LogP contribution >= 0.6 is 0 Å². The normalized spacial score (nSPS) is 11.8. The minimum absolute atomic E-state index is 0.157. The lowest BCUT2D eigenvalue weighted by atomic mass is 9.91. The van der Waals surface area contributed by atoms with Gasteiger partial charge in [-0.25, -0.2) is 0 Å². The van der Waals surface area contributed by atoms with Crippen molar-refractivity contribution in [3.05, 3.63) is 91.0 Å². The lowest BCUT2D eigenvalue weighted by molar-refractivity contribution is -0.0226. The van der Waals surface area contributed by atoms with Gasteiger partial charge in [-0.2, -0.15) is 0 Å². The third-order valence-corrected chi connectivity index (χ3v) is 7.37. The number of hydrogen-bond donors (Lipinski definition) is 0. The molecule has 3 heteroatoms. The van der Waals surface area contributed by atoms with Crippen molar-refractivity contribution in [3.63, 3.8) is 0 Å². The number of benzene rings is 4. The Kier molecular flexibility index (Phi) is 11.4. The second-order valence-corrected chi connectivity index (χ2v) is 12.1. The highest BCUT2D eigenvalue weighted by Gasteiger charge is 2.17. The molecule has 0 aliphatic carbocycles. The standard InChI is InChI=1S/C28H30O2.C9H18O/c1-5-28(3,4)18-29-19-30-27-17-24-13-9-8-12-23(24)16-26(27)25-15-22-11-7-6-10-21(22)14-20(25)2;1-5-7-9(3,4)8-10-6-2/h6-17H,5,18-19H2,1-4H3;5H,1,6-8H2,2-4H3. The summed E-state index contributed by atoms with van der Waals surface area (Å²) in [5, 5.41) is 4.87. The second kappa shape index (κ2) is 14.5. The molecule has 4 aromatic carbocycles. The van der Waals surface area contributed by atoms with Crippen molar-refractivity contribution >= 4 is 21.5 Å². The molecule has 0 N–H and O–H groups in total. The van der Waals surface area contributed by atoms with Gasteiger partial charge in [-0.1, -0.05) is 95.3 Å². The van der Waals surface area contributed by atoms with Gasteiger partial charge < -0.3 is 14.2 Å². The van der Waals surface area contributed by atoms with Gasteiger partial charge >= 0.3 is 0 Å². The van der Waals surface area contributed by atoms with Crippen LogP contribution < -0.4 is 4.74 Å². The number of rotatable bonds is 12. The molecule has 0 saturated heterocycles. The van der Waals surface area contributed by atoms with Crippen LogP contribution in [0.5, 0.6) is 5.75 Å². The quantitative estimate of drug-likeness (QED) is 0.102. The fourth-order valence-electron chi connectivity index (χ4n) is 4.55. The first-order valence-electron chi connectivity index (χ1n) is 14.5.